The summed E-state index contributed by atoms with van der Waals surface area (Å²) in [7, 11) is 0. The average molecular weight is 372 g/mol. The number of nitrogens with zero attached hydrogens (tertiary/aromatic N) is 1. The van der Waals surface area contributed by atoms with E-state index in [2.05, 4.69) is 0 Å². The Bertz CT molecular complexity index is 817. The molecule has 144 valence electrons. The van der Waals surface area contributed by atoms with Crippen LogP contribution in [0.25, 0.3) is 0 Å². The Hall–Kier alpha value is -2.21. The first-order chi connectivity index (χ1) is 12.7. The lowest BCUT2D eigenvalue weighted by atomic mass is 9.71. The number of ether oxygens (including phenoxy) is 1. The fourth-order valence-corrected chi connectivity index (χ4v) is 4.59. The van der Waals surface area contributed by atoms with E-state index in [0.717, 1.165) is 12.0 Å². The second-order valence-electron chi connectivity index (χ2n) is 8.66. The highest BCUT2D eigenvalue weighted by Crippen LogP contribution is 2.49. The highest BCUT2D eigenvalue weighted by atomic mass is 19.1. The number of carbonyl (C=O) groups is 2. The number of Topliss-reactive ketones (excluding diaryl/α,β-unsaturated/α-hetero) is 1. The Morgan fingerprint density at radius 1 is 1.30 bits per heavy atom. The first kappa shape index (κ1) is 18.2. The zero-order valence-corrected chi connectivity index (χ0v) is 15.7. The van der Waals surface area contributed by atoms with Gasteiger partial charge in [0.15, 0.2) is 5.78 Å². The quantitative estimate of drug-likeness (QED) is 0.865. The number of morpholine rings is 1. The van der Waals surface area contributed by atoms with Crippen molar-refractivity contribution >= 4 is 11.7 Å². The number of halogens is 1. The van der Waals surface area contributed by atoms with Crippen LogP contribution in [0.5, 0.6) is 0 Å². The highest BCUT2D eigenvalue weighted by molar-refractivity contribution is 5.99. The van der Waals surface area contributed by atoms with E-state index in [-0.39, 0.29) is 35.0 Å². The summed E-state index contributed by atoms with van der Waals surface area (Å²) in [5.41, 5.74) is 5.88. The molecule has 1 spiro atoms. The Kier molecular flexibility index (Phi) is 4.14. The van der Waals surface area contributed by atoms with Crippen molar-refractivity contribution in [1.82, 2.24) is 4.90 Å². The summed E-state index contributed by atoms with van der Waals surface area (Å²) in [6.07, 6.45) is 3.00. The van der Waals surface area contributed by atoms with Crippen molar-refractivity contribution in [3.63, 3.8) is 0 Å². The zero-order valence-electron chi connectivity index (χ0n) is 15.7. The van der Waals surface area contributed by atoms with Gasteiger partial charge in [-0.15, -0.1) is 0 Å². The third kappa shape index (κ3) is 3.27. The molecule has 1 aliphatic heterocycles. The van der Waals surface area contributed by atoms with Crippen molar-refractivity contribution in [2.75, 3.05) is 19.7 Å². The Morgan fingerprint density at radius 2 is 2.00 bits per heavy atom. The molecule has 1 saturated heterocycles. The number of benzene rings is 1. The zero-order chi connectivity index (χ0) is 19.4. The predicted octanol–water partition coefficient (Wildman–Crippen LogP) is 2.37. The molecule has 3 atom stereocenters. The largest absolute Gasteiger partial charge is 0.396 e. The van der Waals surface area contributed by atoms with Gasteiger partial charge < -0.3 is 15.4 Å². The van der Waals surface area contributed by atoms with Gasteiger partial charge in [-0.1, -0.05) is 26.0 Å². The first-order valence-electron chi connectivity index (χ1n) is 9.42. The summed E-state index contributed by atoms with van der Waals surface area (Å²) in [5, 5.41) is 0. The molecule has 2 fully saturated rings. The second-order valence-corrected chi connectivity index (χ2v) is 8.66. The van der Waals surface area contributed by atoms with Crippen LogP contribution in [-0.4, -0.2) is 41.9 Å². The fraction of sp³-hybridized carbons (Fsp3) is 0.524. The minimum atomic E-state index is -0.699. The molecule has 1 amide bonds. The summed E-state index contributed by atoms with van der Waals surface area (Å²) in [6.45, 7) is 5.11. The maximum atomic E-state index is 13.1. The van der Waals surface area contributed by atoms with Crippen LogP contribution in [-0.2, 0) is 14.3 Å². The Morgan fingerprint density at radius 3 is 2.67 bits per heavy atom. The molecular formula is C21H25FN2O3. The number of ketones is 1. The molecule has 2 N–H and O–H groups in total. The summed E-state index contributed by atoms with van der Waals surface area (Å²) in [5.74, 6) is -0.143. The second kappa shape index (κ2) is 6.16. The molecule has 1 aromatic carbocycles. The minimum Gasteiger partial charge on any atom is -0.396 e. The molecule has 3 unspecified atom stereocenters. The topological polar surface area (TPSA) is 72.6 Å². The molecule has 0 radical (unpaired) electrons. The standard InChI is InChI=1S/C21H25FN2O3/c1-20(2)11-21(10-17(23)18(20)25)12-24(7-8-27-21)19(26)16-9-15(16)13-3-5-14(22)6-4-13/h3-6,10,15-16H,7-9,11-12,23H2,1-2H3. The predicted molar refractivity (Wildman–Crippen MR) is 98.2 cm³/mol. The normalized spacial score (nSPS) is 32.3. The molecule has 2 aliphatic carbocycles. The molecular weight excluding hydrogens is 347 g/mol. The molecule has 0 aromatic heterocycles. The van der Waals surface area contributed by atoms with Gasteiger partial charge in [0.1, 0.15) is 11.4 Å². The van der Waals surface area contributed by atoms with E-state index in [1.54, 1.807) is 18.2 Å². The van der Waals surface area contributed by atoms with E-state index >= 15 is 0 Å². The van der Waals surface area contributed by atoms with Gasteiger partial charge in [0.05, 0.1) is 18.8 Å². The number of amides is 1. The lowest BCUT2D eigenvalue weighted by molar-refractivity contribution is -0.152. The third-order valence-corrected chi connectivity index (χ3v) is 5.96. The molecule has 3 aliphatic rings. The van der Waals surface area contributed by atoms with Crippen molar-refractivity contribution in [2.24, 2.45) is 17.1 Å². The number of hydrogen-bond donors (Lipinski definition) is 1. The van der Waals surface area contributed by atoms with Crippen molar-refractivity contribution < 1.29 is 18.7 Å². The van der Waals surface area contributed by atoms with E-state index in [1.165, 1.54) is 12.1 Å². The summed E-state index contributed by atoms with van der Waals surface area (Å²) in [4.78, 5) is 27.1. The third-order valence-electron chi connectivity index (χ3n) is 5.96. The average Bonchev–Trinajstić information content (AvgIpc) is 3.40. The van der Waals surface area contributed by atoms with Gasteiger partial charge in [0, 0.05) is 17.9 Å². The van der Waals surface area contributed by atoms with Crippen LogP contribution >= 0.6 is 0 Å². The van der Waals surface area contributed by atoms with Crippen LogP contribution in [0.15, 0.2) is 36.0 Å². The van der Waals surface area contributed by atoms with Gasteiger partial charge in [-0.2, -0.15) is 0 Å². The fourth-order valence-electron chi connectivity index (χ4n) is 4.59. The summed E-state index contributed by atoms with van der Waals surface area (Å²) in [6, 6.07) is 6.39. The van der Waals surface area contributed by atoms with Crippen LogP contribution < -0.4 is 5.73 Å². The van der Waals surface area contributed by atoms with Gasteiger partial charge in [-0.3, -0.25) is 9.59 Å². The van der Waals surface area contributed by atoms with E-state index in [9.17, 15) is 14.0 Å². The van der Waals surface area contributed by atoms with E-state index in [0.29, 0.717) is 26.1 Å². The van der Waals surface area contributed by atoms with Gasteiger partial charge in [-0.05, 0) is 42.5 Å². The van der Waals surface area contributed by atoms with E-state index in [1.807, 2.05) is 18.7 Å². The summed E-state index contributed by atoms with van der Waals surface area (Å²) >= 11 is 0. The maximum Gasteiger partial charge on any atom is 0.226 e. The van der Waals surface area contributed by atoms with Crippen molar-refractivity contribution in [2.45, 2.75) is 38.2 Å². The monoisotopic (exact) mass is 372 g/mol. The number of allylic oxidation sites excluding steroid dienone is 1. The molecule has 1 saturated carbocycles. The molecule has 1 heterocycles. The molecule has 1 aromatic rings. The first-order valence-corrected chi connectivity index (χ1v) is 9.42. The number of nitrogens with two attached hydrogens (primary N) is 1. The lowest BCUT2D eigenvalue weighted by Crippen LogP contribution is -2.57. The van der Waals surface area contributed by atoms with Gasteiger partial charge in [0.25, 0.3) is 0 Å². The van der Waals surface area contributed by atoms with Gasteiger partial charge in [-0.25, -0.2) is 4.39 Å². The van der Waals surface area contributed by atoms with Gasteiger partial charge >= 0.3 is 0 Å². The smallest absolute Gasteiger partial charge is 0.226 e. The van der Waals surface area contributed by atoms with E-state index < -0.39 is 11.0 Å². The SMILES string of the molecule is CC1(C)CC2(C=C(N)C1=O)CN(C(=O)C1CC1c1ccc(F)cc1)CCO2. The number of rotatable bonds is 2. The van der Waals surface area contributed by atoms with Crippen LogP contribution in [0.2, 0.25) is 0 Å². The van der Waals surface area contributed by atoms with Crippen molar-refractivity contribution in [3.8, 4) is 0 Å². The maximum absolute atomic E-state index is 13.1. The molecule has 27 heavy (non-hydrogen) atoms. The van der Waals surface area contributed by atoms with Crippen LogP contribution in [0.1, 0.15) is 38.2 Å². The van der Waals surface area contributed by atoms with Crippen molar-refractivity contribution in [3.05, 3.63) is 47.4 Å². The molecule has 0 bridgehead atoms. The summed E-state index contributed by atoms with van der Waals surface area (Å²) < 4.78 is 19.1. The van der Waals surface area contributed by atoms with Gasteiger partial charge in [0.2, 0.25) is 5.91 Å². The lowest BCUT2D eigenvalue weighted by Gasteiger charge is -2.46. The van der Waals surface area contributed by atoms with Crippen LogP contribution in [0.4, 0.5) is 4.39 Å². The number of carbonyl (C=O) groups excluding carboxylic acids is 2. The Labute approximate surface area is 158 Å². The van der Waals surface area contributed by atoms with E-state index in [4.69, 9.17) is 10.5 Å². The highest BCUT2D eigenvalue weighted by Gasteiger charge is 2.51. The van der Waals surface area contributed by atoms with Crippen LogP contribution in [0, 0.1) is 17.2 Å². The molecule has 6 heteroatoms. The Balaban J connectivity index is 1.48. The minimum absolute atomic E-state index is 0.0647. The van der Waals surface area contributed by atoms with Crippen LogP contribution in [0.3, 0.4) is 0 Å². The number of hydrogen-bond acceptors (Lipinski definition) is 4. The molecule has 4 rings (SSSR count). The molecule has 5 nitrogen and oxygen atoms in total. The van der Waals surface area contributed by atoms with Crippen molar-refractivity contribution in [1.29, 1.82) is 0 Å².